The van der Waals surface area contributed by atoms with Gasteiger partial charge in [-0.3, -0.25) is 4.79 Å². The number of carbonyl (C=O) groups excluding carboxylic acids is 1. The zero-order chi connectivity index (χ0) is 13.3. The number of Topliss-reactive ketones (excluding diaryl/α,β-unsaturated/α-hetero) is 1. The molecule has 0 saturated heterocycles. The number of carbonyl (C=O) groups is 1. The predicted octanol–water partition coefficient (Wildman–Crippen LogP) is 3.26. The van der Waals surface area contributed by atoms with Gasteiger partial charge in [-0.25, -0.2) is 4.39 Å². The summed E-state index contributed by atoms with van der Waals surface area (Å²) in [6, 6.07) is 4.40. The number of benzene rings is 1. The number of rotatable bonds is 2. The third-order valence-electron chi connectivity index (χ3n) is 3.96. The molecule has 1 N–H and O–H groups in total. The van der Waals surface area contributed by atoms with Gasteiger partial charge in [0.15, 0.2) is 5.78 Å². The SMILES string of the molecule is Cc1ccc(C(=O)C2(O)CCC(C)CC2)cc1F. The van der Waals surface area contributed by atoms with Gasteiger partial charge in [0.25, 0.3) is 0 Å². The van der Waals surface area contributed by atoms with Crippen LogP contribution in [0.3, 0.4) is 0 Å². The molecular formula is C15H19FO2. The van der Waals surface area contributed by atoms with Crippen LogP contribution in [0.15, 0.2) is 18.2 Å². The fourth-order valence-corrected chi connectivity index (χ4v) is 2.47. The first-order valence-corrected chi connectivity index (χ1v) is 6.46. The number of halogens is 1. The van der Waals surface area contributed by atoms with Crippen LogP contribution in [-0.4, -0.2) is 16.5 Å². The van der Waals surface area contributed by atoms with E-state index < -0.39 is 11.4 Å². The highest BCUT2D eigenvalue weighted by molar-refractivity contribution is 6.02. The fraction of sp³-hybridized carbons (Fsp3) is 0.533. The van der Waals surface area contributed by atoms with Crippen molar-refractivity contribution >= 4 is 5.78 Å². The molecule has 18 heavy (non-hydrogen) atoms. The maximum absolute atomic E-state index is 13.5. The van der Waals surface area contributed by atoms with E-state index in [-0.39, 0.29) is 11.3 Å². The number of ketones is 1. The van der Waals surface area contributed by atoms with Crippen LogP contribution in [0, 0.1) is 18.7 Å². The summed E-state index contributed by atoms with van der Waals surface area (Å²) in [5.41, 5.74) is -0.514. The molecule has 0 aliphatic heterocycles. The molecule has 0 bridgehead atoms. The van der Waals surface area contributed by atoms with Gasteiger partial charge in [-0.05, 0) is 50.2 Å². The maximum atomic E-state index is 13.5. The molecule has 0 unspecified atom stereocenters. The molecule has 2 nitrogen and oxygen atoms in total. The molecule has 1 aromatic rings. The second-order valence-corrected chi connectivity index (χ2v) is 5.51. The van der Waals surface area contributed by atoms with E-state index in [4.69, 9.17) is 0 Å². The first kappa shape index (κ1) is 13.2. The van der Waals surface area contributed by atoms with Crippen molar-refractivity contribution in [1.82, 2.24) is 0 Å². The summed E-state index contributed by atoms with van der Waals surface area (Å²) in [6.07, 6.45) is 2.64. The van der Waals surface area contributed by atoms with Gasteiger partial charge < -0.3 is 5.11 Å². The molecule has 0 aromatic heterocycles. The van der Waals surface area contributed by atoms with Gasteiger partial charge in [0, 0.05) is 5.56 Å². The molecule has 0 amide bonds. The quantitative estimate of drug-likeness (QED) is 0.818. The first-order chi connectivity index (χ1) is 8.42. The highest BCUT2D eigenvalue weighted by Crippen LogP contribution is 2.34. The lowest BCUT2D eigenvalue weighted by Gasteiger charge is -2.33. The largest absolute Gasteiger partial charge is 0.382 e. The molecule has 0 atom stereocenters. The molecule has 0 radical (unpaired) electrons. The highest BCUT2D eigenvalue weighted by Gasteiger charge is 2.39. The average molecular weight is 250 g/mol. The predicted molar refractivity (Wildman–Crippen MR) is 68.0 cm³/mol. The lowest BCUT2D eigenvalue weighted by atomic mass is 9.76. The Morgan fingerprint density at radius 2 is 2.00 bits per heavy atom. The van der Waals surface area contributed by atoms with Gasteiger partial charge in [-0.2, -0.15) is 0 Å². The van der Waals surface area contributed by atoms with Gasteiger partial charge in [0.05, 0.1) is 0 Å². The molecule has 1 fully saturated rings. The Morgan fingerprint density at radius 3 is 2.56 bits per heavy atom. The third-order valence-corrected chi connectivity index (χ3v) is 3.96. The molecule has 1 aromatic carbocycles. The molecule has 3 heteroatoms. The number of aliphatic hydroxyl groups is 1. The summed E-state index contributed by atoms with van der Waals surface area (Å²) in [6.45, 7) is 3.77. The minimum absolute atomic E-state index is 0.273. The topological polar surface area (TPSA) is 37.3 Å². The maximum Gasteiger partial charge on any atom is 0.194 e. The van der Waals surface area contributed by atoms with Gasteiger partial charge in [-0.1, -0.05) is 19.1 Å². The first-order valence-electron chi connectivity index (χ1n) is 6.46. The molecular weight excluding hydrogens is 231 g/mol. The van der Waals surface area contributed by atoms with E-state index >= 15 is 0 Å². The normalized spacial score (nSPS) is 28.1. The van der Waals surface area contributed by atoms with Gasteiger partial charge in [0.1, 0.15) is 11.4 Å². The summed E-state index contributed by atoms with van der Waals surface area (Å²) < 4.78 is 13.5. The van der Waals surface area contributed by atoms with Crippen LogP contribution >= 0.6 is 0 Å². The molecule has 1 aliphatic carbocycles. The molecule has 1 aliphatic rings. The van der Waals surface area contributed by atoms with Crippen LogP contribution in [0.4, 0.5) is 4.39 Å². The van der Waals surface area contributed by atoms with E-state index in [2.05, 4.69) is 6.92 Å². The van der Waals surface area contributed by atoms with Gasteiger partial charge >= 0.3 is 0 Å². The Kier molecular flexibility index (Phi) is 3.53. The van der Waals surface area contributed by atoms with Crippen LogP contribution in [0.2, 0.25) is 0 Å². The number of hydrogen-bond acceptors (Lipinski definition) is 2. The van der Waals surface area contributed by atoms with Crippen molar-refractivity contribution in [3.63, 3.8) is 0 Å². The van der Waals surface area contributed by atoms with E-state index in [0.29, 0.717) is 24.3 Å². The molecule has 1 saturated carbocycles. The Bertz CT molecular complexity index is 460. The molecule has 0 heterocycles. The lowest BCUT2D eigenvalue weighted by molar-refractivity contribution is 0.00423. The van der Waals surface area contributed by atoms with E-state index in [1.807, 2.05) is 0 Å². The Hall–Kier alpha value is -1.22. The summed E-state index contributed by atoms with van der Waals surface area (Å²) >= 11 is 0. The van der Waals surface area contributed by atoms with Crippen LogP contribution in [0.5, 0.6) is 0 Å². The summed E-state index contributed by atoms with van der Waals surface area (Å²) in [5, 5.41) is 10.4. The number of hydrogen-bond donors (Lipinski definition) is 1. The van der Waals surface area contributed by atoms with Crippen LogP contribution < -0.4 is 0 Å². The third kappa shape index (κ3) is 2.46. The van der Waals surface area contributed by atoms with Gasteiger partial charge in [-0.15, -0.1) is 0 Å². The van der Waals surface area contributed by atoms with Crippen LogP contribution in [0.1, 0.15) is 48.5 Å². The summed E-state index contributed by atoms with van der Waals surface area (Å²) in [7, 11) is 0. The highest BCUT2D eigenvalue weighted by atomic mass is 19.1. The zero-order valence-corrected chi connectivity index (χ0v) is 10.9. The average Bonchev–Trinajstić information content (AvgIpc) is 2.36. The molecule has 2 rings (SSSR count). The Labute approximate surface area is 107 Å². The molecule has 0 spiro atoms. The van der Waals surface area contributed by atoms with Gasteiger partial charge in [0.2, 0.25) is 0 Å². The van der Waals surface area contributed by atoms with Crippen molar-refractivity contribution < 1.29 is 14.3 Å². The molecule has 98 valence electrons. The Balaban J connectivity index is 2.22. The standard InChI is InChI=1S/C15H19FO2/c1-10-5-7-15(18,8-6-10)14(17)12-4-3-11(2)13(16)9-12/h3-4,9-10,18H,5-8H2,1-2H3. The second-order valence-electron chi connectivity index (χ2n) is 5.51. The van der Waals surface area contributed by atoms with Crippen LogP contribution in [-0.2, 0) is 0 Å². The summed E-state index contributed by atoms with van der Waals surface area (Å²) in [4.78, 5) is 12.3. The minimum Gasteiger partial charge on any atom is -0.382 e. The van der Waals surface area contributed by atoms with E-state index in [1.165, 1.54) is 6.07 Å². The zero-order valence-electron chi connectivity index (χ0n) is 10.9. The van der Waals surface area contributed by atoms with Crippen molar-refractivity contribution in [2.24, 2.45) is 5.92 Å². The van der Waals surface area contributed by atoms with Crippen molar-refractivity contribution in [3.05, 3.63) is 35.1 Å². The smallest absolute Gasteiger partial charge is 0.194 e. The Morgan fingerprint density at radius 1 is 1.39 bits per heavy atom. The van der Waals surface area contributed by atoms with Crippen molar-refractivity contribution in [2.75, 3.05) is 0 Å². The minimum atomic E-state index is -1.30. The van der Waals surface area contributed by atoms with Crippen molar-refractivity contribution in [2.45, 2.75) is 45.1 Å². The van der Waals surface area contributed by atoms with E-state index in [9.17, 15) is 14.3 Å². The fourth-order valence-electron chi connectivity index (χ4n) is 2.47. The van der Waals surface area contributed by atoms with Crippen molar-refractivity contribution in [3.8, 4) is 0 Å². The second kappa shape index (κ2) is 4.81. The van der Waals surface area contributed by atoms with E-state index in [0.717, 1.165) is 12.8 Å². The van der Waals surface area contributed by atoms with Crippen LogP contribution in [0.25, 0.3) is 0 Å². The van der Waals surface area contributed by atoms with Crippen molar-refractivity contribution in [1.29, 1.82) is 0 Å². The van der Waals surface area contributed by atoms with E-state index in [1.54, 1.807) is 19.1 Å². The monoisotopic (exact) mass is 250 g/mol. The lowest BCUT2D eigenvalue weighted by Crippen LogP contribution is -2.41. The number of aryl methyl sites for hydroxylation is 1. The summed E-state index contributed by atoms with van der Waals surface area (Å²) in [5.74, 6) is -0.185.